The molecule has 9 aromatic carbocycles. The second-order valence-electron chi connectivity index (χ2n) is 14.3. The number of nitrogens with zero attached hydrogens (tertiary/aromatic N) is 1. The largest absolute Gasteiger partial charge is 0.454 e. The molecule has 0 unspecified atom stereocenters. The van der Waals surface area contributed by atoms with Crippen molar-refractivity contribution in [2.45, 2.75) is 19.8 Å². The van der Waals surface area contributed by atoms with Crippen molar-refractivity contribution in [1.29, 1.82) is 0 Å². The van der Waals surface area contributed by atoms with Crippen molar-refractivity contribution < 1.29 is 4.42 Å². The van der Waals surface area contributed by atoms with Crippen LogP contribution in [-0.4, -0.2) is 0 Å². The Morgan fingerprint density at radius 2 is 1.12 bits per heavy atom. The Hall–Kier alpha value is -6.16. The summed E-state index contributed by atoms with van der Waals surface area (Å²) in [5.74, 6) is 0.452. The van der Waals surface area contributed by atoms with Crippen molar-refractivity contribution in [2.24, 2.45) is 0 Å². The average molecular weight is 684 g/mol. The van der Waals surface area contributed by atoms with Crippen LogP contribution in [0.25, 0.3) is 85.2 Å². The van der Waals surface area contributed by atoms with E-state index in [1.54, 1.807) is 0 Å². The van der Waals surface area contributed by atoms with Crippen molar-refractivity contribution in [3.8, 4) is 0 Å². The van der Waals surface area contributed by atoms with Crippen LogP contribution in [-0.2, 0) is 0 Å². The SMILES string of the molecule is CC(C)c1ccc(N(c2ccc3c(c2)c2ccccc2c2cc4c(cc32)sc2ccc3ccccc3c24)c2cccc3c2oc2ccccc23)cc1. The van der Waals surface area contributed by atoms with E-state index in [-0.39, 0.29) is 0 Å². The van der Waals surface area contributed by atoms with Crippen molar-refractivity contribution >= 4 is 114 Å². The first-order valence-electron chi connectivity index (χ1n) is 18.0. The number of furan rings is 1. The maximum atomic E-state index is 6.64. The number of hydrogen-bond acceptors (Lipinski definition) is 3. The van der Waals surface area contributed by atoms with E-state index in [0.717, 1.165) is 39.0 Å². The van der Waals surface area contributed by atoms with E-state index in [4.69, 9.17) is 4.42 Å². The molecule has 2 nitrogen and oxygen atoms in total. The topological polar surface area (TPSA) is 16.4 Å². The van der Waals surface area contributed by atoms with Gasteiger partial charge in [0.25, 0.3) is 0 Å². The Morgan fingerprint density at radius 1 is 0.462 bits per heavy atom. The molecule has 2 heterocycles. The Bertz CT molecular complexity index is 3220. The molecule has 0 fully saturated rings. The lowest BCUT2D eigenvalue weighted by molar-refractivity contribution is 0.669. The zero-order chi connectivity index (χ0) is 34.5. The minimum absolute atomic E-state index is 0.452. The van der Waals surface area contributed by atoms with Gasteiger partial charge in [-0.15, -0.1) is 11.3 Å². The second kappa shape index (κ2) is 11.2. The molecule has 0 radical (unpaired) electrons. The van der Waals surface area contributed by atoms with Gasteiger partial charge < -0.3 is 9.32 Å². The number of fused-ring (bicyclic) bond motifs is 14. The smallest absolute Gasteiger partial charge is 0.159 e. The summed E-state index contributed by atoms with van der Waals surface area (Å²) in [6, 6.07) is 58.0. The summed E-state index contributed by atoms with van der Waals surface area (Å²) in [6.45, 7) is 4.49. The third kappa shape index (κ3) is 4.30. The van der Waals surface area contributed by atoms with E-state index in [9.17, 15) is 0 Å². The van der Waals surface area contributed by atoms with Gasteiger partial charge in [0.15, 0.2) is 5.58 Å². The van der Waals surface area contributed by atoms with Crippen molar-refractivity contribution in [2.75, 3.05) is 4.90 Å². The summed E-state index contributed by atoms with van der Waals surface area (Å²) in [6.07, 6.45) is 0. The molecule has 0 spiro atoms. The van der Waals surface area contributed by atoms with Gasteiger partial charge in [0, 0.05) is 42.3 Å². The molecule has 0 bridgehead atoms. The Morgan fingerprint density at radius 3 is 1.92 bits per heavy atom. The maximum absolute atomic E-state index is 6.64. The highest BCUT2D eigenvalue weighted by molar-refractivity contribution is 7.26. The predicted octanol–water partition coefficient (Wildman–Crippen LogP) is 15.2. The molecule has 0 aliphatic rings. The van der Waals surface area contributed by atoms with Crippen LogP contribution >= 0.6 is 11.3 Å². The van der Waals surface area contributed by atoms with Crippen molar-refractivity contribution in [3.63, 3.8) is 0 Å². The maximum Gasteiger partial charge on any atom is 0.159 e. The monoisotopic (exact) mass is 683 g/mol. The van der Waals surface area contributed by atoms with Crippen LogP contribution in [0, 0.1) is 0 Å². The summed E-state index contributed by atoms with van der Waals surface area (Å²) in [4.78, 5) is 2.37. The molecule has 246 valence electrons. The molecule has 11 rings (SSSR count). The normalized spacial score (nSPS) is 12.2. The third-order valence-corrected chi connectivity index (χ3v) is 12.1. The lowest BCUT2D eigenvalue weighted by Gasteiger charge is -2.26. The molecule has 0 atom stereocenters. The second-order valence-corrected chi connectivity index (χ2v) is 15.3. The van der Waals surface area contributed by atoms with Gasteiger partial charge in [-0.2, -0.15) is 0 Å². The molecule has 0 saturated heterocycles. The van der Waals surface area contributed by atoms with Gasteiger partial charge >= 0.3 is 0 Å². The lowest BCUT2D eigenvalue weighted by atomic mass is 9.92. The summed E-state index contributed by atoms with van der Waals surface area (Å²) in [5.41, 5.74) is 6.32. The highest BCUT2D eigenvalue weighted by Gasteiger charge is 2.21. The standard InChI is InChI=1S/C49H33NOS/c1-29(2)30-18-21-32(22-19-30)50(44-16-9-15-39-38-14-7-8-17-45(38)51-49(39)44)33-23-24-37-40(26-33)35-12-5-6-13-36(35)41-27-43-47(28-42(37)41)52-46-25-20-31-10-3-4-11-34(31)48(43)46/h3-29H,1-2H3. The van der Waals surface area contributed by atoms with Crippen LogP contribution < -0.4 is 4.90 Å². The molecule has 0 N–H and O–H groups in total. The quantitative estimate of drug-likeness (QED) is 0.172. The number of thiophene rings is 1. The fourth-order valence-corrected chi connectivity index (χ4v) is 9.61. The van der Waals surface area contributed by atoms with E-state index in [2.05, 4.69) is 170 Å². The Balaban J connectivity index is 1.20. The predicted molar refractivity (Wildman–Crippen MR) is 225 cm³/mol. The van der Waals surface area contributed by atoms with E-state index in [1.165, 1.54) is 68.8 Å². The van der Waals surface area contributed by atoms with Crippen molar-refractivity contribution in [1.82, 2.24) is 0 Å². The molecule has 0 aliphatic carbocycles. The fraction of sp³-hybridized carbons (Fsp3) is 0.0612. The summed E-state index contributed by atoms with van der Waals surface area (Å²) in [5, 5.41) is 15.2. The van der Waals surface area contributed by atoms with Crippen LogP contribution in [0.5, 0.6) is 0 Å². The highest BCUT2D eigenvalue weighted by Crippen LogP contribution is 2.47. The van der Waals surface area contributed by atoms with Crippen LogP contribution in [0.4, 0.5) is 17.1 Å². The van der Waals surface area contributed by atoms with E-state index in [0.29, 0.717) is 5.92 Å². The Labute approximate surface area is 304 Å². The zero-order valence-corrected chi connectivity index (χ0v) is 29.7. The van der Waals surface area contributed by atoms with E-state index < -0.39 is 0 Å². The van der Waals surface area contributed by atoms with Crippen LogP contribution in [0.1, 0.15) is 25.3 Å². The first-order chi connectivity index (χ1) is 25.6. The van der Waals surface area contributed by atoms with E-state index in [1.807, 2.05) is 17.4 Å². The molecule has 11 aromatic rings. The Kier molecular flexibility index (Phi) is 6.35. The van der Waals surface area contributed by atoms with Gasteiger partial charge in [-0.1, -0.05) is 117 Å². The van der Waals surface area contributed by atoms with Gasteiger partial charge in [-0.3, -0.25) is 0 Å². The number of hydrogen-bond donors (Lipinski definition) is 0. The van der Waals surface area contributed by atoms with Crippen LogP contribution in [0.15, 0.2) is 162 Å². The molecule has 0 amide bonds. The average Bonchev–Trinajstić information content (AvgIpc) is 3.76. The highest BCUT2D eigenvalue weighted by atomic mass is 32.1. The van der Waals surface area contributed by atoms with Gasteiger partial charge in [0.2, 0.25) is 0 Å². The molecule has 2 aromatic heterocycles. The fourth-order valence-electron chi connectivity index (χ4n) is 8.46. The van der Waals surface area contributed by atoms with Gasteiger partial charge in [0.1, 0.15) is 5.58 Å². The number of benzene rings is 9. The minimum Gasteiger partial charge on any atom is -0.454 e. The van der Waals surface area contributed by atoms with Crippen LogP contribution in [0.3, 0.4) is 0 Å². The summed E-state index contributed by atoms with van der Waals surface area (Å²) < 4.78 is 9.29. The van der Waals surface area contributed by atoms with E-state index >= 15 is 0 Å². The number of anilines is 3. The zero-order valence-electron chi connectivity index (χ0n) is 28.9. The molecular weight excluding hydrogens is 651 g/mol. The minimum atomic E-state index is 0.452. The number of para-hydroxylation sites is 2. The summed E-state index contributed by atoms with van der Waals surface area (Å²) in [7, 11) is 0. The van der Waals surface area contributed by atoms with Crippen molar-refractivity contribution in [3.05, 3.63) is 163 Å². The van der Waals surface area contributed by atoms with Gasteiger partial charge in [-0.25, -0.2) is 0 Å². The lowest BCUT2D eigenvalue weighted by Crippen LogP contribution is -2.10. The third-order valence-electron chi connectivity index (χ3n) is 11.0. The number of rotatable bonds is 4. The summed E-state index contributed by atoms with van der Waals surface area (Å²) >= 11 is 1.89. The molecule has 3 heteroatoms. The molecule has 0 aliphatic heterocycles. The molecule has 0 saturated carbocycles. The van der Waals surface area contributed by atoms with Crippen LogP contribution in [0.2, 0.25) is 0 Å². The van der Waals surface area contributed by atoms with Gasteiger partial charge in [-0.05, 0) is 109 Å². The molecular formula is C49H33NOS. The first kappa shape index (κ1) is 29.6. The first-order valence-corrected chi connectivity index (χ1v) is 18.8. The molecule has 52 heavy (non-hydrogen) atoms. The van der Waals surface area contributed by atoms with Gasteiger partial charge in [0.05, 0.1) is 5.69 Å².